The van der Waals surface area contributed by atoms with E-state index in [2.05, 4.69) is 25.4 Å². The van der Waals surface area contributed by atoms with Crippen LogP contribution in [0.1, 0.15) is 10.5 Å². The van der Waals surface area contributed by atoms with Crippen LogP contribution >= 0.6 is 0 Å². The molecule has 28 heavy (non-hydrogen) atoms. The predicted octanol–water partition coefficient (Wildman–Crippen LogP) is 1.47. The fourth-order valence-electron chi connectivity index (χ4n) is 3.53. The number of carbonyl (C=O) groups is 1. The number of benzene rings is 1. The molecule has 0 aliphatic carbocycles. The number of amides is 1. The quantitative estimate of drug-likeness (QED) is 0.561. The zero-order valence-electron chi connectivity index (χ0n) is 15.3. The van der Waals surface area contributed by atoms with Gasteiger partial charge >= 0.3 is 0 Å². The van der Waals surface area contributed by atoms with Crippen molar-refractivity contribution in [1.82, 2.24) is 29.9 Å². The molecule has 4 heterocycles. The lowest BCUT2D eigenvalue weighted by molar-refractivity contribution is 0.0958. The maximum Gasteiger partial charge on any atom is 0.271 e. The highest BCUT2D eigenvalue weighted by atomic mass is 16.5. The van der Waals surface area contributed by atoms with E-state index >= 15 is 0 Å². The third kappa shape index (κ3) is 2.67. The number of rotatable bonds is 3. The fourth-order valence-corrected chi connectivity index (χ4v) is 3.53. The maximum absolute atomic E-state index is 12.1. The average molecular weight is 377 g/mol. The number of imidazole rings is 1. The Hall–Kier alpha value is -3.46. The molecule has 0 saturated carbocycles. The van der Waals surface area contributed by atoms with Crippen LogP contribution in [-0.2, 0) is 4.74 Å². The number of morpholine rings is 1. The number of ether oxygens (including phenoxy) is 1. The fraction of sp³-hybridized carbons (Fsp3) is 0.263. The Balaban J connectivity index is 1.73. The summed E-state index contributed by atoms with van der Waals surface area (Å²) < 4.78 is 7.35. The van der Waals surface area contributed by atoms with E-state index < -0.39 is 0 Å². The summed E-state index contributed by atoms with van der Waals surface area (Å²) in [7, 11) is 1.60. The molecular formula is C19H19N7O2. The Kier molecular flexibility index (Phi) is 3.94. The van der Waals surface area contributed by atoms with Gasteiger partial charge in [0.25, 0.3) is 5.91 Å². The zero-order chi connectivity index (χ0) is 19.1. The lowest BCUT2D eigenvalue weighted by atomic mass is 10.1. The number of anilines is 1. The van der Waals surface area contributed by atoms with Gasteiger partial charge in [-0.15, -0.1) is 0 Å². The van der Waals surface area contributed by atoms with Crippen LogP contribution < -0.4 is 10.2 Å². The van der Waals surface area contributed by atoms with Crippen molar-refractivity contribution in [2.75, 3.05) is 38.3 Å². The Morgan fingerprint density at radius 2 is 2.07 bits per heavy atom. The summed E-state index contributed by atoms with van der Waals surface area (Å²) >= 11 is 0. The van der Waals surface area contributed by atoms with E-state index in [-0.39, 0.29) is 5.91 Å². The van der Waals surface area contributed by atoms with Gasteiger partial charge in [-0.25, -0.2) is 9.97 Å². The Morgan fingerprint density at radius 1 is 1.21 bits per heavy atom. The summed E-state index contributed by atoms with van der Waals surface area (Å²) in [6.45, 7) is 2.73. The van der Waals surface area contributed by atoms with Crippen LogP contribution in [0.3, 0.4) is 0 Å². The third-order valence-electron chi connectivity index (χ3n) is 4.95. The lowest BCUT2D eigenvalue weighted by Gasteiger charge is -2.28. The summed E-state index contributed by atoms with van der Waals surface area (Å²) in [6.07, 6.45) is 5.44. The van der Waals surface area contributed by atoms with Gasteiger partial charge in [0.15, 0.2) is 11.5 Å². The molecule has 1 amide bonds. The number of aromatic nitrogens is 5. The first-order valence-corrected chi connectivity index (χ1v) is 9.11. The molecule has 0 unspecified atom stereocenters. The van der Waals surface area contributed by atoms with Crippen molar-refractivity contribution in [2.24, 2.45) is 0 Å². The predicted molar refractivity (Wildman–Crippen MR) is 104 cm³/mol. The van der Waals surface area contributed by atoms with Crippen LogP contribution in [0.15, 0.2) is 36.8 Å². The summed E-state index contributed by atoms with van der Waals surface area (Å²) in [6, 6.07) is 5.97. The summed E-state index contributed by atoms with van der Waals surface area (Å²) in [5, 5.41) is 10.8. The molecule has 1 aliphatic heterocycles. The highest BCUT2D eigenvalue weighted by Gasteiger charge is 2.21. The van der Waals surface area contributed by atoms with Crippen molar-refractivity contribution in [3.05, 3.63) is 42.5 Å². The van der Waals surface area contributed by atoms with E-state index in [1.165, 1.54) is 0 Å². The Morgan fingerprint density at radius 3 is 2.89 bits per heavy atom. The Labute approximate surface area is 160 Å². The number of hydrogen-bond acceptors (Lipinski definition) is 6. The van der Waals surface area contributed by atoms with Gasteiger partial charge in [-0.1, -0.05) is 12.1 Å². The second kappa shape index (κ2) is 6.61. The number of aromatic amines is 1. The van der Waals surface area contributed by atoms with E-state index in [1.54, 1.807) is 19.4 Å². The normalized spacial score (nSPS) is 14.7. The largest absolute Gasteiger partial charge is 0.378 e. The van der Waals surface area contributed by atoms with Gasteiger partial charge in [0, 0.05) is 43.5 Å². The molecule has 9 nitrogen and oxygen atoms in total. The van der Waals surface area contributed by atoms with Crippen molar-refractivity contribution in [3.8, 4) is 11.3 Å². The molecule has 1 fully saturated rings. The van der Waals surface area contributed by atoms with Gasteiger partial charge < -0.3 is 19.4 Å². The first kappa shape index (κ1) is 16.7. The molecule has 9 heteroatoms. The minimum Gasteiger partial charge on any atom is -0.378 e. The number of nitrogens with zero attached hydrogens (tertiary/aromatic N) is 5. The first-order chi connectivity index (χ1) is 13.7. The summed E-state index contributed by atoms with van der Waals surface area (Å²) in [5.74, 6) is 0.520. The van der Waals surface area contributed by atoms with Crippen molar-refractivity contribution in [2.45, 2.75) is 0 Å². The van der Waals surface area contributed by atoms with E-state index in [1.807, 2.05) is 28.8 Å². The molecule has 142 valence electrons. The van der Waals surface area contributed by atoms with Gasteiger partial charge in [-0.05, 0) is 6.07 Å². The standard InChI is InChI=1S/C19H19N7O2/c1-20-19(27)16-11-26-10-15(12-3-2-4-14-13(12)9-21-24-14)22-17(18(26)23-16)25-5-7-28-8-6-25/h2-4,9-11H,5-8H2,1H3,(H,20,27)(H,21,24). The third-order valence-corrected chi connectivity index (χ3v) is 4.95. The number of H-pyrrole nitrogens is 1. The SMILES string of the molecule is CNC(=O)c1cn2cc(-c3cccc4[nH]ncc34)nc(N3CCOCC3)c2n1. The van der Waals surface area contributed by atoms with Gasteiger partial charge in [0.05, 0.1) is 30.6 Å². The topological polar surface area (TPSA) is 100 Å². The van der Waals surface area contributed by atoms with Crippen LogP contribution in [0.2, 0.25) is 0 Å². The van der Waals surface area contributed by atoms with Gasteiger partial charge in [-0.2, -0.15) is 5.10 Å². The smallest absolute Gasteiger partial charge is 0.271 e. The second-order valence-electron chi connectivity index (χ2n) is 6.62. The lowest BCUT2D eigenvalue weighted by Crippen LogP contribution is -2.37. The van der Waals surface area contributed by atoms with E-state index in [0.29, 0.717) is 24.6 Å². The van der Waals surface area contributed by atoms with Gasteiger partial charge in [-0.3, -0.25) is 9.89 Å². The van der Waals surface area contributed by atoms with Crippen LogP contribution in [-0.4, -0.2) is 63.8 Å². The number of hydrogen-bond donors (Lipinski definition) is 2. The summed E-state index contributed by atoms with van der Waals surface area (Å²) in [5.41, 5.74) is 3.73. The molecule has 0 atom stereocenters. The molecular weight excluding hydrogens is 358 g/mol. The van der Waals surface area contributed by atoms with Crippen molar-refractivity contribution in [1.29, 1.82) is 0 Å². The molecule has 4 aromatic rings. The second-order valence-corrected chi connectivity index (χ2v) is 6.62. The number of fused-ring (bicyclic) bond motifs is 2. The van der Waals surface area contributed by atoms with Crippen LogP contribution in [0, 0.1) is 0 Å². The average Bonchev–Trinajstić information content (AvgIpc) is 3.39. The molecule has 1 saturated heterocycles. The maximum atomic E-state index is 12.1. The molecule has 0 bridgehead atoms. The monoisotopic (exact) mass is 377 g/mol. The van der Waals surface area contributed by atoms with Crippen molar-refractivity contribution in [3.63, 3.8) is 0 Å². The van der Waals surface area contributed by atoms with Gasteiger partial charge in [0.1, 0.15) is 5.69 Å². The molecule has 2 N–H and O–H groups in total. The van der Waals surface area contributed by atoms with Crippen molar-refractivity contribution < 1.29 is 9.53 Å². The summed E-state index contributed by atoms with van der Waals surface area (Å²) in [4.78, 5) is 23.7. The van der Waals surface area contributed by atoms with Crippen LogP contribution in [0.25, 0.3) is 27.8 Å². The molecule has 5 rings (SSSR count). The minimum absolute atomic E-state index is 0.227. The number of nitrogens with one attached hydrogen (secondary N) is 2. The van der Waals surface area contributed by atoms with E-state index in [0.717, 1.165) is 41.1 Å². The van der Waals surface area contributed by atoms with E-state index in [9.17, 15) is 4.79 Å². The molecule has 3 aromatic heterocycles. The molecule has 1 aromatic carbocycles. The van der Waals surface area contributed by atoms with Gasteiger partial charge in [0.2, 0.25) is 0 Å². The van der Waals surface area contributed by atoms with Crippen LogP contribution in [0.4, 0.5) is 5.82 Å². The Bertz CT molecular complexity index is 1170. The molecule has 0 spiro atoms. The molecule has 1 aliphatic rings. The van der Waals surface area contributed by atoms with E-state index in [4.69, 9.17) is 9.72 Å². The highest BCUT2D eigenvalue weighted by molar-refractivity contribution is 5.95. The van der Waals surface area contributed by atoms with Crippen molar-refractivity contribution >= 4 is 28.3 Å². The number of carbonyl (C=O) groups excluding carboxylic acids is 1. The highest BCUT2D eigenvalue weighted by Crippen LogP contribution is 2.30. The minimum atomic E-state index is -0.227. The molecule has 0 radical (unpaired) electrons. The first-order valence-electron chi connectivity index (χ1n) is 9.11. The van der Waals surface area contributed by atoms with Crippen LogP contribution in [0.5, 0.6) is 0 Å². The zero-order valence-corrected chi connectivity index (χ0v) is 15.3.